The molecule has 1 amide bonds. The fourth-order valence-corrected chi connectivity index (χ4v) is 3.37. The van der Waals surface area contributed by atoms with E-state index in [1.54, 1.807) is 7.11 Å². The van der Waals surface area contributed by atoms with Crippen LogP contribution in [0.1, 0.15) is 32.1 Å². The molecule has 1 saturated heterocycles. The third kappa shape index (κ3) is 4.94. The third-order valence-electron chi connectivity index (χ3n) is 4.85. The Morgan fingerprint density at radius 3 is 2.86 bits per heavy atom. The van der Waals surface area contributed by atoms with E-state index < -0.39 is 0 Å². The molecular formula is C16H30N2O3. The lowest BCUT2D eigenvalue weighted by Crippen LogP contribution is -2.50. The second kappa shape index (κ2) is 7.56. The molecule has 5 nitrogen and oxygen atoms in total. The van der Waals surface area contributed by atoms with Crippen LogP contribution in [0.3, 0.4) is 0 Å². The van der Waals surface area contributed by atoms with E-state index in [1.807, 2.05) is 16.8 Å². The molecule has 0 radical (unpaired) electrons. The minimum atomic E-state index is -0.0415. The number of likely N-dealkylation sites (tertiary alicyclic amines) is 1. The van der Waals surface area contributed by atoms with Gasteiger partial charge in [0.2, 0.25) is 5.91 Å². The Bertz CT molecular complexity index is 346. The lowest BCUT2D eigenvalue weighted by atomic mass is 9.76. The van der Waals surface area contributed by atoms with Gasteiger partial charge in [-0.25, -0.2) is 0 Å². The average Bonchev–Trinajstić information content (AvgIpc) is 3.29. The molecule has 1 aliphatic carbocycles. The number of aliphatic hydroxyl groups is 1. The molecule has 0 aromatic rings. The predicted molar refractivity (Wildman–Crippen MR) is 82.0 cm³/mol. The zero-order valence-electron chi connectivity index (χ0n) is 13.5. The number of piperidine rings is 1. The van der Waals surface area contributed by atoms with E-state index in [1.165, 1.54) is 12.8 Å². The first-order chi connectivity index (χ1) is 10.1. The van der Waals surface area contributed by atoms with Crippen LogP contribution in [0, 0.1) is 11.3 Å². The van der Waals surface area contributed by atoms with E-state index in [9.17, 15) is 9.90 Å². The van der Waals surface area contributed by atoms with Crippen LogP contribution in [0.15, 0.2) is 0 Å². The maximum Gasteiger partial charge on any atom is 0.236 e. The highest BCUT2D eigenvalue weighted by Gasteiger charge is 2.40. The van der Waals surface area contributed by atoms with Crippen molar-refractivity contribution >= 4 is 5.91 Å². The van der Waals surface area contributed by atoms with E-state index in [4.69, 9.17) is 4.74 Å². The van der Waals surface area contributed by atoms with Gasteiger partial charge in [0.05, 0.1) is 19.8 Å². The molecule has 1 N–H and O–H groups in total. The van der Waals surface area contributed by atoms with Crippen LogP contribution in [-0.2, 0) is 9.53 Å². The van der Waals surface area contributed by atoms with E-state index in [0.717, 1.165) is 44.8 Å². The Morgan fingerprint density at radius 2 is 2.24 bits per heavy atom. The number of hydrogen-bond donors (Lipinski definition) is 1. The van der Waals surface area contributed by atoms with Gasteiger partial charge in [0, 0.05) is 32.2 Å². The van der Waals surface area contributed by atoms with Gasteiger partial charge in [-0.1, -0.05) is 12.8 Å². The Balaban J connectivity index is 1.85. The summed E-state index contributed by atoms with van der Waals surface area (Å²) >= 11 is 0. The summed E-state index contributed by atoms with van der Waals surface area (Å²) in [5.74, 6) is 0.971. The summed E-state index contributed by atoms with van der Waals surface area (Å²) < 4.78 is 5.04. The van der Waals surface area contributed by atoms with Crippen molar-refractivity contribution in [1.29, 1.82) is 0 Å². The van der Waals surface area contributed by atoms with Crippen LogP contribution in [-0.4, -0.2) is 74.4 Å². The quantitative estimate of drug-likeness (QED) is 0.725. The molecule has 2 fully saturated rings. The normalized spacial score (nSPS) is 26.4. The van der Waals surface area contributed by atoms with Gasteiger partial charge in [-0.2, -0.15) is 0 Å². The Hall–Kier alpha value is -0.650. The van der Waals surface area contributed by atoms with Crippen LogP contribution >= 0.6 is 0 Å². The van der Waals surface area contributed by atoms with Crippen molar-refractivity contribution in [3.8, 4) is 0 Å². The molecular weight excluding hydrogens is 268 g/mol. The summed E-state index contributed by atoms with van der Waals surface area (Å²) in [6.07, 6.45) is 5.77. The van der Waals surface area contributed by atoms with Gasteiger partial charge >= 0.3 is 0 Å². The van der Waals surface area contributed by atoms with Crippen molar-refractivity contribution in [2.24, 2.45) is 11.3 Å². The van der Waals surface area contributed by atoms with Crippen molar-refractivity contribution in [1.82, 2.24) is 9.80 Å². The Morgan fingerprint density at radius 1 is 1.48 bits per heavy atom. The van der Waals surface area contributed by atoms with Crippen molar-refractivity contribution in [3.63, 3.8) is 0 Å². The second-order valence-electron chi connectivity index (χ2n) is 6.96. The highest BCUT2D eigenvalue weighted by atomic mass is 16.5. The third-order valence-corrected chi connectivity index (χ3v) is 4.85. The smallest absolute Gasteiger partial charge is 0.236 e. The number of methoxy groups -OCH3 is 1. The molecule has 0 aromatic carbocycles. The van der Waals surface area contributed by atoms with Crippen LogP contribution in [0.2, 0.25) is 0 Å². The van der Waals surface area contributed by atoms with Crippen LogP contribution in [0.4, 0.5) is 0 Å². The van der Waals surface area contributed by atoms with E-state index >= 15 is 0 Å². The van der Waals surface area contributed by atoms with Gasteiger partial charge in [0.15, 0.2) is 0 Å². The molecule has 2 aliphatic rings. The van der Waals surface area contributed by atoms with E-state index in [-0.39, 0.29) is 17.9 Å². The second-order valence-corrected chi connectivity index (χ2v) is 6.96. The minimum absolute atomic E-state index is 0.0415. The average molecular weight is 298 g/mol. The van der Waals surface area contributed by atoms with Crippen molar-refractivity contribution in [2.45, 2.75) is 32.1 Å². The highest BCUT2D eigenvalue weighted by molar-refractivity contribution is 5.78. The maximum absolute atomic E-state index is 12.4. The zero-order valence-corrected chi connectivity index (χ0v) is 13.5. The van der Waals surface area contributed by atoms with Crippen molar-refractivity contribution in [3.05, 3.63) is 0 Å². The fourth-order valence-electron chi connectivity index (χ4n) is 3.37. The molecule has 0 unspecified atom stereocenters. The molecule has 0 aromatic heterocycles. The molecule has 0 bridgehead atoms. The molecule has 1 aliphatic heterocycles. The number of ether oxygens (including phenoxy) is 1. The molecule has 0 spiro atoms. The van der Waals surface area contributed by atoms with Crippen LogP contribution < -0.4 is 0 Å². The van der Waals surface area contributed by atoms with E-state index in [2.05, 4.69) is 0 Å². The van der Waals surface area contributed by atoms with Crippen molar-refractivity contribution < 1.29 is 14.6 Å². The first-order valence-corrected chi connectivity index (χ1v) is 8.15. The van der Waals surface area contributed by atoms with Gasteiger partial charge in [0.25, 0.3) is 0 Å². The number of amides is 1. The van der Waals surface area contributed by atoms with Gasteiger partial charge < -0.3 is 14.7 Å². The molecule has 1 heterocycles. The number of hydrogen-bond acceptors (Lipinski definition) is 4. The molecule has 1 saturated carbocycles. The van der Waals surface area contributed by atoms with Gasteiger partial charge in [-0.05, 0) is 32.2 Å². The summed E-state index contributed by atoms with van der Waals surface area (Å²) in [4.78, 5) is 16.4. The van der Waals surface area contributed by atoms with E-state index in [0.29, 0.717) is 13.2 Å². The number of carbonyl (C=O) groups is 1. The predicted octanol–water partition coefficient (Wildman–Crippen LogP) is 0.966. The Kier molecular flexibility index (Phi) is 6.02. The first-order valence-electron chi connectivity index (χ1n) is 8.15. The zero-order chi connectivity index (χ0) is 15.3. The maximum atomic E-state index is 12.4. The summed E-state index contributed by atoms with van der Waals surface area (Å²) in [5, 5.41) is 9.85. The molecule has 21 heavy (non-hydrogen) atoms. The summed E-state index contributed by atoms with van der Waals surface area (Å²) in [6.45, 7) is 3.64. The van der Waals surface area contributed by atoms with Crippen molar-refractivity contribution in [2.75, 3.05) is 53.6 Å². The van der Waals surface area contributed by atoms with Crippen LogP contribution in [0.25, 0.3) is 0 Å². The number of rotatable bonds is 8. The van der Waals surface area contributed by atoms with Gasteiger partial charge in [-0.3, -0.25) is 9.69 Å². The van der Waals surface area contributed by atoms with Gasteiger partial charge in [-0.15, -0.1) is 0 Å². The van der Waals surface area contributed by atoms with Crippen LogP contribution in [0.5, 0.6) is 0 Å². The summed E-state index contributed by atoms with van der Waals surface area (Å²) in [5.41, 5.74) is -0.0415. The number of aliphatic hydroxyl groups excluding tert-OH is 1. The first kappa shape index (κ1) is 16.7. The monoisotopic (exact) mass is 298 g/mol. The summed E-state index contributed by atoms with van der Waals surface area (Å²) in [7, 11) is 3.62. The minimum Gasteiger partial charge on any atom is -0.396 e. The SMILES string of the molecule is COCCN(C)CC(=O)N1CCC[C@@](CO)(CC2CC2)C1. The number of nitrogens with zero attached hydrogens (tertiary/aromatic N) is 2. The standard InChI is InChI=1S/C16H30N2O3/c1-17(8-9-21-2)11-15(20)18-7-3-6-16(12-18,13-19)10-14-4-5-14/h14,19H,3-13H2,1-2H3/t16-/m1/s1. The van der Waals surface area contributed by atoms with Gasteiger partial charge in [0.1, 0.15) is 0 Å². The lowest BCUT2D eigenvalue weighted by Gasteiger charge is -2.42. The molecule has 122 valence electrons. The molecule has 5 heteroatoms. The molecule has 2 rings (SSSR count). The Labute approximate surface area is 128 Å². The largest absolute Gasteiger partial charge is 0.396 e. The molecule has 1 atom stereocenters. The lowest BCUT2D eigenvalue weighted by molar-refractivity contribution is -0.136. The number of likely N-dealkylation sites (N-methyl/N-ethyl adjacent to an activating group) is 1. The number of carbonyl (C=O) groups excluding carboxylic acids is 1. The topological polar surface area (TPSA) is 53.0 Å². The highest BCUT2D eigenvalue weighted by Crippen LogP contribution is 2.44. The fraction of sp³-hybridized carbons (Fsp3) is 0.938. The summed E-state index contributed by atoms with van der Waals surface area (Å²) in [6, 6.07) is 0.